The van der Waals surface area contributed by atoms with E-state index in [1.54, 1.807) is 0 Å². The minimum absolute atomic E-state index is 0.207. The third kappa shape index (κ3) is 1.82. The van der Waals surface area contributed by atoms with Crippen molar-refractivity contribution in [1.82, 2.24) is 9.88 Å². The topological polar surface area (TPSA) is 43.3 Å². The number of ether oxygens (including phenoxy) is 1. The van der Waals surface area contributed by atoms with Gasteiger partial charge in [0.1, 0.15) is 5.60 Å². The minimum atomic E-state index is -0.207. The van der Waals surface area contributed by atoms with Crippen LogP contribution in [0.15, 0.2) is 24.3 Å². The summed E-state index contributed by atoms with van der Waals surface area (Å²) in [5.74, 6) is 0. The van der Waals surface area contributed by atoms with Crippen molar-refractivity contribution < 1.29 is 9.53 Å². The van der Waals surface area contributed by atoms with Crippen molar-refractivity contribution in [3.63, 3.8) is 0 Å². The fourth-order valence-electron chi connectivity index (χ4n) is 4.16. The van der Waals surface area contributed by atoms with Crippen LogP contribution in [0.3, 0.4) is 0 Å². The lowest BCUT2D eigenvalue weighted by Gasteiger charge is -2.42. The van der Waals surface area contributed by atoms with E-state index in [1.165, 1.54) is 22.2 Å². The van der Waals surface area contributed by atoms with E-state index in [4.69, 9.17) is 4.74 Å². The first-order valence-electron chi connectivity index (χ1n) is 7.77. The molecule has 0 radical (unpaired) electrons. The maximum absolute atomic E-state index is 10.5. The molecule has 2 aromatic rings. The monoisotopic (exact) mass is 284 g/mol. The molecule has 0 spiro atoms. The van der Waals surface area contributed by atoms with Crippen molar-refractivity contribution in [2.45, 2.75) is 37.8 Å². The molecule has 0 fully saturated rings. The van der Waals surface area contributed by atoms with Gasteiger partial charge in [-0.15, -0.1) is 0 Å². The maximum Gasteiger partial charge on any atom is 0.207 e. The lowest BCUT2D eigenvalue weighted by Crippen LogP contribution is -2.42. The second-order valence-corrected chi connectivity index (χ2v) is 6.01. The molecule has 4 heteroatoms. The number of amides is 1. The van der Waals surface area contributed by atoms with Gasteiger partial charge in [0.2, 0.25) is 6.41 Å². The molecular weight excluding hydrogens is 264 g/mol. The molecule has 110 valence electrons. The first-order chi connectivity index (χ1) is 10.4. The molecule has 0 saturated carbocycles. The molecule has 21 heavy (non-hydrogen) atoms. The van der Waals surface area contributed by atoms with E-state index in [0.717, 1.165) is 45.2 Å². The van der Waals surface area contributed by atoms with Crippen LogP contribution >= 0.6 is 0 Å². The van der Waals surface area contributed by atoms with Crippen LogP contribution < -0.4 is 5.32 Å². The van der Waals surface area contributed by atoms with Gasteiger partial charge in [-0.3, -0.25) is 4.79 Å². The Bertz CT molecular complexity index is 642. The van der Waals surface area contributed by atoms with Crippen LogP contribution in [0.1, 0.15) is 30.5 Å². The largest absolute Gasteiger partial charge is 0.368 e. The summed E-state index contributed by atoms with van der Waals surface area (Å²) in [6.07, 6.45) is 4.81. The lowest BCUT2D eigenvalue weighted by molar-refractivity contribution is -0.110. The second-order valence-electron chi connectivity index (χ2n) is 6.01. The molecule has 0 bridgehead atoms. The fraction of sp³-hybridized carbons (Fsp3) is 0.471. The number of nitrogens with one attached hydrogen (secondary N) is 1. The van der Waals surface area contributed by atoms with Gasteiger partial charge in [-0.1, -0.05) is 18.2 Å². The van der Waals surface area contributed by atoms with E-state index in [1.807, 2.05) is 0 Å². The van der Waals surface area contributed by atoms with E-state index in [0.29, 0.717) is 6.54 Å². The third-order valence-electron chi connectivity index (χ3n) is 4.96. The Kier molecular flexibility index (Phi) is 3.00. The van der Waals surface area contributed by atoms with Gasteiger partial charge in [0.25, 0.3) is 0 Å². The highest BCUT2D eigenvalue weighted by atomic mass is 16.5. The highest BCUT2D eigenvalue weighted by Crippen LogP contribution is 2.46. The number of carbonyl (C=O) groups is 1. The van der Waals surface area contributed by atoms with Crippen molar-refractivity contribution in [2.24, 2.45) is 0 Å². The number of fused-ring (bicyclic) bond motifs is 3. The summed E-state index contributed by atoms with van der Waals surface area (Å²) in [5.41, 5.74) is 3.96. The van der Waals surface area contributed by atoms with Crippen molar-refractivity contribution in [3.8, 4) is 0 Å². The number of hydrogen-bond acceptors (Lipinski definition) is 2. The Hall–Kier alpha value is -1.81. The van der Waals surface area contributed by atoms with Crippen LogP contribution in [0.4, 0.5) is 0 Å². The number of aryl methyl sites for hydroxylation is 1. The Morgan fingerprint density at radius 2 is 2.29 bits per heavy atom. The van der Waals surface area contributed by atoms with Crippen LogP contribution in [0.5, 0.6) is 0 Å². The predicted molar refractivity (Wildman–Crippen MR) is 81.2 cm³/mol. The Balaban J connectivity index is 1.88. The molecular formula is C17H20N2O2. The standard InChI is InChI=1S/C17H20N2O2/c20-12-18-9-8-17-7-3-10-19-15-5-2-1-4-13(15)14(16(17)19)6-11-21-17/h1-2,4-5,12H,3,6-11H2,(H,18,20). The summed E-state index contributed by atoms with van der Waals surface area (Å²) in [7, 11) is 0. The van der Waals surface area contributed by atoms with Crippen LogP contribution in [-0.4, -0.2) is 24.1 Å². The van der Waals surface area contributed by atoms with Gasteiger partial charge < -0.3 is 14.6 Å². The molecule has 1 atom stereocenters. The molecule has 2 aliphatic heterocycles. The summed E-state index contributed by atoms with van der Waals surface area (Å²) >= 11 is 0. The SMILES string of the molecule is O=CNCCC12CCCn3c1c(c1ccccc13)CCO2. The highest BCUT2D eigenvalue weighted by molar-refractivity contribution is 5.86. The summed E-state index contributed by atoms with van der Waals surface area (Å²) in [6.45, 7) is 2.52. The molecule has 1 unspecified atom stereocenters. The Morgan fingerprint density at radius 3 is 3.19 bits per heavy atom. The van der Waals surface area contributed by atoms with E-state index >= 15 is 0 Å². The molecule has 3 heterocycles. The van der Waals surface area contributed by atoms with Gasteiger partial charge in [0.05, 0.1) is 12.3 Å². The maximum atomic E-state index is 10.5. The van der Waals surface area contributed by atoms with Gasteiger partial charge in [0, 0.05) is 24.0 Å². The first kappa shape index (κ1) is 12.9. The quantitative estimate of drug-likeness (QED) is 0.692. The number of benzene rings is 1. The molecule has 4 rings (SSSR count). The van der Waals surface area contributed by atoms with E-state index in [-0.39, 0.29) is 5.60 Å². The summed E-state index contributed by atoms with van der Waals surface area (Å²) in [6, 6.07) is 8.68. The zero-order chi connectivity index (χ0) is 14.3. The van der Waals surface area contributed by atoms with Crippen LogP contribution in [0.25, 0.3) is 10.9 Å². The molecule has 1 N–H and O–H groups in total. The van der Waals surface area contributed by atoms with E-state index < -0.39 is 0 Å². The normalized spacial score (nSPS) is 23.8. The predicted octanol–water partition coefficient (Wildman–Crippen LogP) is 2.34. The summed E-state index contributed by atoms with van der Waals surface area (Å²) < 4.78 is 8.73. The molecule has 2 aliphatic rings. The molecule has 0 aliphatic carbocycles. The van der Waals surface area contributed by atoms with Crippen molar-refractivity contribution >= 4 is 17.3 Å². The average molecular weight is 284 g/mol. The minimum Gasteiger partial charge on any atom is -0.368 e. The van der Waals surface area contributed by atoms with Crippen molar-refractivity contribution in [1.29, 1.82) is 0 Å². The van der Waals surface area contributed by atoms with Crippen molar-refractivity contribution in [3.05, 3.63) is 35.5 Å². The average Bonchev–Trinajstić information content (AvgIpc) is 2.85. The number of carbonyl (C=O) groups excluding carboxylic acids is 1. The number of aromatic nitrogens is 1. The summed E-state index contributed by atoms with van der Waals surface area (Å²) in [5, 5.41) is 4.17. The van der Waals surface area contributed by atoms with Crippen molar-refractivity contribution in [2.75, 3.05) is 13.2 Å². The van der Waals surface area contributed by atoms with Crippen LogP contribution in [0.2, 0.25) is 0 Å². The second kappa shape index (κ2) is 4.88. The highest BCUT2D eigenvalue weighted by Gasteiger charge is 2.43. The van der Waals surface area contributed by atoms with Gasteiger partial charge in [0.15, 0.2) is 0 Å². The number of para-hydroxylation sites is 1. The summed E-state index contributed by atoms with van der Waals surface area (Å²) in [4.78, 5) is 10.5. The zero-order valence-corrected chi connectivity index (χ0v) is 12.1. The number of rotatable bonds is 4. The molecule has 4 nitrogen and oxygen atoms in total. The number of nitrogens with zero attached hydrogens (tertiary/aromatic N) is 1. The van der Waals surface area contributed by atoms with Crippen LogP contribution in [-0.2, 0) is 28.1 Å². The van der Waals surface area contributed by atoms with Gasteiger partial charge in [-0.05, 0) is 37.3 Å². The van der Waals surface area contributed by atoms with E-state index in [9.17, 15) is 4.79 Å². The van der Waals surface area contributed by atoms with E-state index in [2.05, 4.69) is 34.1 Å². The third-order valence-corrected chi connectivity index (χ3v) is 4.96. The smallest absolute Gasteiger partial charge is 0.207 e. The lowest BCUT2D eigenvalue weighted by atomic mass is 9.82. The molecule has 0 saturated heterocycles. The molecule has 1 aromatic heterocycles. The zero-order valence-electron chi connectivity index (χ0n) is 12.1. The fourth-order valence-corrected chi connectivity index (χ4v) is 4.16. The number of hydrogen-bond donors (Lipinski definition) is 1. The molecule has 1 amide bonds. The molecule has 1 aromatic carbocycles. The van der Waals surface area contributed by atoms with Gasteiger partial charge in [-0.25, -0.2) is 0 Å². The van der Waals surface area contributed by atoms with Gasteiger partial charge >= 0.3 is 0 Å². The van der Waals surface area contributed by atoms with Crippen LogP contribution in [0, 0.1) is 0 Å². The Morgan fingerprint density at radius 1 is 1.38 bits per heavy atom. The van der Waals surface area contributed by atoms with Gasteiger partial charge in [-0.2, -0.15) is 0 Å². The first-order valence-corrected chi connectivity index (χ1v) is 7.77. The Labute approximate surface area is 124 Å².